The fraction of sp³-hybridized carbons (Fsp3) is 0.657. The van der Waals surface area contributed by atoms with Crippen molar-refractivity contribution >= 4 is 19.8 Å². The number of hydrogen-bond donors (Lipinski definition) is 2. The number of phosphoric ester groups is 1. The first-order valence-corrected chi connectivity index (χ1v) is 18.1. The van der Waals surface area contributed by atoms with Crippen LogP contribution in [0.2, 0.25) is 0 Å². The van der Waals surface area contributed by atoms with E-state index in [1.165, 1.54) is 32.1 Å². The number of carbonyl (C=O) groups is 2. The maximum Gasteiger partial charge on any atom is 0.469 e. The minimum Gasteiger partial charge on any atom is -0.462 e. The average molecular weight is 639 g/mol. The van der Waals surface area contributed by atoms with Gasteiger partial charge >= 0.3 is 19.8 Å². The lowest BCUT2D eigenvalue weighted by atomic mass is 10.1. The van der Waals surface area contributed by atoms with Gasteiger partial charge in [-0.2, -0.15) is 0 Å². The Balaban J connectivity index is 4.15. The van der Waals surface area contributed by atoms with Crippen LogP contribution < -0.4 is 0 Å². The largest absolute Gasteiger partial charge is 0.469 e. The highest BCUT2D eigenvalue weighted by molar-refractivity contribution is 7.46. The molecular formula is C35H59O8P. The topological polar surface area (TPSA) is 119 Å². The predicted octanol–water partition coefficient (Wildman–Crippen LogP) is 9.39. The molecule has 0 aliphatic rings. The molecule has 0 unspecified atom stereocenters. The molecule has 1 atom stereocenters. The van der Waals surface area contributed by atoms with Crippen LogP contribution in [0, 0.1) is 0 Å². The van der Waals surface area contributed by atoms with Crippen LogP contribution in [0.5, 0.6) is 0 Å². The molecule has 44 heavy (non-hydrogen) atoms. The van der Waals surface area contributed by atoms with Gasteiger partial charge in [-0.15, -0.1) is 0 Å². The minimum atomic E-state index is -4.76. The van der Waals surface area contributed by atoms with Crippen LogP contribution in [-0.2, 0) is 28.2 Å². The Morgan fingerprint density at radius 3 is 1.61 bits per heavy atom. The zero-order chi connectivity index (χ0) is 32.6. The summed E-state index contributed by atoms with van der Waals surface area (Å²) in [4.78, 5) is 42.4. The summed E-state index contributed by atoms with van der Waals surface area (Å²) in [5.41, 5.74) is 0. The van der Waals surface area contributed by atoms with Gasteiger partial charge in [0.1, 0.15) is 6.61 Å². The molecule has 0 amide bonds. The minimum absolute atomic E-state index is 0.132. The summed E-state index contributed by atoms with van der Waals surface area (Å²) in [5, 5.41) is 0. The molecule has 0 radical (unpaired) electrons. The lowest BCUT2D eigenvalue weighted by Gasteiger charge is -2.18. The first-order valence-electron chi connectivity index (χ1n) is 16.6. The van der Waals surface area contributed by atoms with E-state index in [4.69, 9.17) is 19.3 Å². The summed E-state index contributed by atoms with van der Waals surface area (Å²) in [5.74, 6) is -0.963. The molecule has 252 valence electrons. The monoisotopic (exact) mass is 638 g/mol. The SMILES string of the molecule is CC/C=C\C/C=C\C/C=C\C/C=C\C/C=C\CCCC(=O)O[C@H](COC(=O)CCCCCCCCCCC)COP(=O)(O)O. The van der Waals surface area contributed by atoms with Gasteiger partial charge in [0.25, 0.3) is 0 Å². The van der Waals surface area contributed by atoms with E-state index in [0.29, 0.717) is 19.3 Å². The van der Waals surface area contributed by atoms with Crippen LogP contribution >= 0.6 is 7.82 Å². The number of allylic oxidation sites excluding steroid dienone is 10. The van der Waals surface area contributed by atoms with Gasteiger partial charge in [0.2, 0.25) is 0 Å². The highest BCUT2D eigenvalue weighted by atomic mass is 31.2. The summed E-state index contributed by atoms with van der Waals surface area (Å²) in [6, 6.07) is 0. The highest BCUT2D eigenvalue weighted by Crippen LogP contribution is 2.35. The van der Waals surface area contributed by atoms with E-state index >= 15 is 0 Å². The van der Waals surface area contributed by atoms with Gasteiger partial charge in [-0.3, -0.25) is 14.1 Å². The molecule has 0 aromatic carbocycles. The first-order chi connectivity index (χ1) is 21.3. The van der Waals surface area contributed by atoms with Crippen LogP contribution in [0.3, 0.4) is 0 Å². The summed E-state index contributed by atoms with van der Waals surface area (Å²) in [6.07, 6.45) is 36.7. The van der Waals surface area contributed by atoms with Crippen LogP contribution in [0.15, 0.2) is 60.8 Å². The number of unbranched alkanes of at least 4 members (excludes halogenated alkanes) is 9. The van der Waals surface area contributed by atoms with E-state index in [1.807, 2.05) is 12.2 Å². The normalized spacial score (nSPS) is 13.3. The summed E-state index contributed by atoms with van der Waals surface area (Å²) in [7, 11) is -4.76. The number of esters is 2. The standard InChI is InChI=1S/C35H59O8P/c1-3-5-7-9-11-13-14-15-16-17-18-19-20-22-24-26-28-30-35(37)43-33(32-42-44(38,39)40)31-41-34(36)29-27-25-23-21-12-10-8-6-4-2/h5,7,11,13,15-16,18-19,22,24,33H,3-4,6,8-10,12,14,17,20-21,23,25-32H2,1-2H3,(H2,38,39,40)/b7-5-,13-11-,16-15-,19-18-,24-22-/t33-/m1/s1. The second kappa shape index (κ2) is 30.8. The lowest BCUT2D eigenvalue weighted by Crippen LogP contribution is -2.29. The smallest absolute Gasteiger partial charge is 0.462 e. The van der Waals surface area contributed by atoms with Gasteiger partial charge in [-0.25, -0.2) is 4.57 Å². The maximum atomic E-state index is 12.3. The number of ether oxygens (including phenoxy) is 2. The Bertz CT molecular complexity index is 900. The number of rotatable bonds is 29. The molecule has 0 fully saturated rings. The Labute approximate surface area is 267 Å². The number of carbonyl (C=O) groups excluding carboxylic acids is 2. The molecule has 0 saturated carbocycles. The molecule has 8 nitrogen and oxygen atoms in total. The molecule has 0 aromatic heterocycles. The van der Waals surface area contributed by atoms with E-state index < -0.39 is 32.5 Å². The molecular weight excluding hydrogens is 579 g/mol. The third-order valence-electron chi connectivity index (χ3n) is 6.55. The van der Waals surface area contributed by atoms with Crippen molar-refractivity contribution in [3.63, 3.8) is 0 Å². The zero-order valence-corrected chi connectivity index (χ0v) is 28.2. The van der Waals surface area contributed by atoms with Gasteiger partial charge in [0.05, 0.1) is 6.61 Å². The van der Waals surface area contributed by atoms with E-state index in [0.717, 1.165) is 51.4 Å². The predicted molar refractivity (Wildman–Crippen MR) is 179 cm³/mol. The van der Waals surface area contributed by atoms with E-state index in [-0.39, 0.29) is 19.4 Å². The third-order valence-corrected chi connectivity index (χ3v) is 7.04. The quantitative estimate of drug-likeness (QED) is 0.0360. The molecule has 0 spiro atoms. The van der Waals surface area contributed by atoms with Gasteiger partial charge < -0.3 is 19.3 Å². The van der Waals surface area contributed by atoms with Crippen molar-refractivity contribution in [2.24, 2.45) is 0 Å². The Morgan fingerprint density at radius 2 is 1.09 bits per heavy atom. The second-order valence-electron chi connectivity index (χ2n) is 10.8. The third kappa shape index (κ3) is 32.7. The van der Waals surface area contributed by atoms with Crippen molar-refractivity contribution < 1.29 is 37.9 Å². The van der Waals surface area contributed by atoms with Crippen LogP contribution in [0.25, 0.3) is 0 Å². The Morgan fingerprint density at radius 1 is 0.614 bits per heavy atom. The molecule has 0 aromatic rings. The van der Waals surface area contributed by atoms with Crippen LogP contribution in [0.1, 0.15) is 129 Å². The van der Waals surface area contributed by atoms with E-state index in [1.54, 1.807) is 0 Å². The van der Waals surface area contributed by atoms with Crippen LogP contribution in [-0.4, -0.2) is 41.0 Å². The van der Waals surface area contributed by atoms with Gasteiger partial charge in [-0.05, 0) is 51.4 Å². The Kier molecular flexibility index (Phi) is 29.2. The summed E-state index contributed by atoms with van der Waals surface area (Å²) >= 11 is 0. The van der Waals surface area contributed by atoms with Gasteiger partial charge in [0, 0.05) is 12.8 Å². The van der Waals surface area contributed by atoms with E-state index in [2.05, 4.69) is 67.0 Å². The van der Waals surface area contributed by atoms with Crippen molar-refractivity contribution in [3.8, 4) is 0 Å². The van der Waals surface area contributed by atoms with E-state index in [9.17, 15) is 14.2 Å². The van der Waals surface area contributed by atoms with Crippen molar-refractivity contribution in [1.29, 1.82) is 0 Å². The molecule has 2 N–H and O–H groups in total. The zero-order valence-electron chi connectivity index (χ0n) is 27.3. The molecule has 0 aliphatic carbocycles. The van der Waals surface area contributed by atoms with Crippen molar-refractivity contribution in [2.75, 3.05) is 13.2 Å². The highest BCUT2D eigenvalue weighted by Gasteiger charge is 2.22. The molecule has 0 saturated heterocycles. The number of hydrogen-bond acceptors (Lipinski definition) is 6. The Hall–Kier alpha value is -2.25. The molecule has 0 bridgehead atoms. The van der Waals surface area contributed by atoms with Crippen LogP contribution in [0.4, 0.5) is 0 Å². The molecule has 0 rings (SSSR count). The molecule has 0 aliphatic heterocycles. The fourth-order valence-corrected chi connectivity index (χ4v) is 4.47. The summed E-state index contributed by atoms with van der Waals surface area (Å²) < 4.78 is 26.1. The van der Waals surface area contributed by atoms with Gasteiger partial charge in [-0.1, -0.05) is 126 Å². The van der Waals surface area contributed by atoms with Crippen molar-refractivity contribution in [1.82, 2.24) is 0 Å². The second-order valence-corrected chi connectivity index (χ2v) is 12.0. The molecule has 9 heteroatoms. The maximum absolute atomic E-state index is 12.3. The number of phosphoric acid groups is 1. The average Bonchev–Trinajstić information content (AvgIpc) is 2.98. The molecule has 0 heterocycles. The first kappa shape index (κ1) is 41.8. The van der Waals surface area contributed by atoms with Crippen molar-refractivity contribution in [3.05, 3.63) is 60.8 Å². The lowest BCUT2D eigenvalue weighted by molar-refractivity contribution is -0.161. The van der Waals surface area contributed by atoms with Gasteiger partial charge in [0.15, 0.2) is 6.10 Å². The summed E-state index contributed by atoms with van der Waals surface area (Å²) in [6.45, 7) is 3.46. The van der Waals surface area contributed by atoms with Crippen molar-refractivity contribution in [2.45, 2.75) is 136 Å². The fourth-order valence-electron chi connectivity index (χ4n) is 4.11.